The summed E-state index contributed by atoms with van der Waals surface area (Å²) in [5.74, 6) is -0.407. The van der Waals surface area contributed by atoms with Gasteiger partial charge >= 0.3 is 5.82 Å². The third kappa shape index (κ3) is 4.98. The molecule has 4 rings (SSSR count). The number of carbonyl (C=O) groups excluding carboxylic acids is 1. The van der Waals surface area contributed by atoms with Gasteiger partial charge in [0.2, 0.25) is 0 Å². The van der Waals surface area contributed by atoms with E-state index in [9.17, 15) is 14.9 Å². The first-order chi connectivity index (χ1) is 14.9. The van der Waals surface area contributed by atoms with Crippen molar-refractivity contribution < 1.29 is 9.72 Å². The molecule has 158 valence electrons. The number of rotatable bonds is 7. The molecule has 0 fully saturated rings. The van der Waals surface area contributed by atoms with Gasteiger partial charge in [-0.3, -0.25) is 9.48 Å². The Morgan fingerprint density at radius 2 is 2.00 bits per heavy atom. The lowest BCUT2D eigenvalue weighted by Gasteiger charge is -2.06. The summed E-state index contributed by atoms with van der Waals surface area (Å²) in [5, 5.41) is 24.3. The van der Waals surface area contributed by atoms with Crippen molar-refractivity contribution in [1.29, 1.82) is 0 Å². The van der Waals surface area contributed by atoms with Gasteiger partial charge in [-0.15, -0.1) is 11.3 Å². The van der Waals surface area contributed by atoms with Gasteiger partial charge in [-0.2, -0.15) is 9.78 Å². The van der Waals surface area contributed by atoms with Crippen molar-refractivity contribution >= 4 is 40.4 Å². The maximum Gasteiger partial charge on any atom is 0.390 e. The van der Waals surface area contributed by atoms with Gasteiger partial charge in [0.15, 0.2) is 0 Å². The number of hydrogen-bond donors (Lipinski definition) is 1. The van der Waals surface area contributed by atoms with Gasteiger partial charge in [0.25, 0.3) is 5.91 Å². The third-order valence-electron chi connectivity index (χ3n) is 4.52. The average Bonchev–Trinajstić information content (AvgIpc) is 3.45. The number of carbonyl (C=O) groups is 1. The number of aromatic nitrogens is 4. The average molecular weight is 457 g/mol. The highest BCUT2D eigenvalue weighted by Gasteiger charge is 2.17. The molecular formula is C20H17ClN6O3S. The standard InChI is InChI=1S/C20H17ClN6O3S/c1-13-6-19(27(29)30)24-26(13)10-15-7-18(31-12-15)20(28)23-17-4-2-14(3-5-17)9-25-11-16(21)8-22-25/h2-8,11-12H,9-10H2,1H3,(H,23,28). The summed E-state index contributed by atoms with van der Waals surface area (Å²) < 4.78 is 3.28. The van der Waals surface area contributed by atoms with E-state index in [4.69, 9.17) is 11.6 Å². The molecule has 3 aromatic heterocycles. The minimum Gasteiger partial charge on any atom is -0.358 e. The maximum atomic E-state index is 12.6. The highest BCUT2D eigenvalue weighted by atomic mass is 35.5. The number of hydrogen-bond acceptors (Lipinski definition) is 6. The van der Waals surface area contributed by atoms with Crippen LogP contribution in [0.1, 0.15) is 26.5 Å². The zero-order valence-corrected chi connectivity index (χ0v) is 17.9. The van der Waals surface area contributed by atoms with Crippen molar-refractivity contribution in [2.45, 2.75) is 20.0 Å². The van der Waals surface area contributed by atoms with Crippen LogP contribution in [-0.4, -0.2) is 30.4 Å². The number of nitro groups is 1. The Bertz CT molecular complexity index is 1240. The summed E-state index contributed by atoms with van der Waals surface area (Å²) in [6.45, 7) is 2.69. The molecule has 9 nitrogen and oxygen atoms in total. The Labute approximate surface area is 186 Å². The van der Waals surface area contributed by atoms with Crippen LogP contribution < -0.4 is 5.32 Å². The predicted molar refractivity (Wildman–Crippen MR) is 118 cm³/mol. The lowest BCUT2D eigenvalue weighted by molar-refractivity contribution is -0.389. The Morgan fingerprint density at radius 3 is 2.65 bits per heavy atom. The topological polar surface area (TPSA) is 108 Å². The van der Waals surface area contributed by atoms with E-state index >= 15 is 0 Å². The minimum absolute atomic E-state index is 0.190. The van der Waals surface area contributed by atoms with Crippen molar-refractivity contribution in [3.8, 4) is 0 Å². The third-order valence-corrected chi connectivity index (χ3v) is 5.70. The molecule has 0 radical (unpaired) electrons. The van der Waals surface area contributed by atoms with Gasteiger partial charge in [-0.25, -0.2) is 0 Å². The molecule has 11 heteroatoms. The zero-order valence-electron chi connectivity index (χ0n) is 16.4. The molecule has 0 saturated heterocycles. The number of nitrogens with zero attached hydrogens (tertiary/aromatic N) is 5. The maximum absolute atomic E-state index is 12.6. The second-order valence-corrected chi connectivity index (χ2v) is 8.23. The van der Waals surface area contributed by atoms with Crippen molar-refractivity contribution in [3.05, 3.63) is 91.0 Å². The Balaban J connectivity index is 1.38. The van der Waals surface area contributed by atoms with Crippen LogP contribution in [0.5, 0.6) is 0 Å². The molecule has 0 aliphatic heterocycles. The fraction of sp³-hybridized carbons (Fsp3) is 0.150. The molecule has 4 aromatic rings. The fourth-order valence-corrected chi connectivity index (χ4v) is 3.95. The highest BCUT2D eigenvalue weighted by Crippen LogP contribution is 2.20. The molecule has 1 aromatic carbocycles. The van der Waals surface area contributed by atoms with Crippen LogP contribution >= 0.6 is 22.9 Å². The van der Waals surface area contributed by atoms with Crippen LogP contribution in [0.15, 0.2) is 54.2 Å². The number of amides is 1. The van der Waals surface area contributed by atoms with Gasteiger partial charge in [0.1, 0.15) is 0 Å². The summed E-state index contributed by atoms with van der Waals surface area (Å²) in [5.41, 5.74) is 3.24. The van der Waals surface area contributed by atoms with E-state index in [-0.39, 0.29) is 11.7 Å². The van der Waals surface area contributed by atoms with Crippen molar-refractivity contribution in [2.75, 3.05) is 5.32 Å². The highest BCUT2D eigenvalue weighted by molar-refractivity contribution is 7.12. The number of halogens is 1. The second-order valence-electron chi connectivity index (χ2n) is 6.89. The van der Waals surface area contributed by atoms with Gasteiger partial charge in [-0.05, 0) is 46.6 Å². The quantitative estimate of drug-likeness (QED) is 0.328. The van der Waals surface area contributed by atoms with Gasteiger partial charge in [0.05, 0.1) is 46.0 Å². The number of anilines is 1. The Kier molecular flexibility index (Phi) is 5.83. The molecule has 0 unspecified atom stereocenters. The smallest absolute Gasteiger partial charge is 0.358 e. The van der Waals surface area contributed by atoms with Crippen LogP contribution in [0.3, 0.4) is 0 Å². The van der Waals surface area contributed by atoms with Gasteiger partial charge in [-0.1, -0.05) is 23.7 Å². The van der Waals surface area contributed by atoms with Crippen molar-refractivity contribution in [1.82, 2.24) is 19.6 Å². The molecular weight excluding hydrogens is 440 g/mol. The SMILES string of the molecule is Cc1cc([N+](=O)[O-])nn1Cc1csc(C(=O)Nc2ccc(Cn3cc(Cl)cn3)cc2)c1. The van der Waals surface area contributed by atoms with Crippen LogP contribution in [0, 0.1) is 17.0 Å². The van der Waals surface area contributed by atoms with Crippen molar-refractivity contribution in [2.24, 2.45) is 0 Å². The summed E-state index contributed by atoms with van der Waals surface area (Å²) in [4.78, 5) is 23.5. The van der Waals surface area contributed by atoms with E-state index in [1.54, 1.807) is 34.7 Å². The van der Waals surface area contributed by atoms with Crippen LogP contribution in [0.2, 0.25) is 5.02 Å². The number of nitrogens with one attached hydrogen (secondary N) is 1. The van der Waals surface area contributed by atoms with E-state index < -0.39 is 4.92 Å². The summed E-state index contributed by atoms with van der Waals surface area (Å²) in [6, 6.07) is 10.7. The first-order valence-corrected chi connectivity index (χ1v) is 10.5. The monoisotopic (exact) mass is 456 g/mol. The first-order valence-electron chi connectivity index (χ1n) is 9.22. The van der Waals surface area contributed by atoms with E-state index in [0.29, 0.717) is 34.4 Å². The predicted octanol–water partition coefficient (Wildman–Crippen LogP) is 4.36. The number of aryl methyl sites for hydroxylation is 1. The van der Waals surface area contributed by atoms with Crippen LogP contribution in [-0.2, 0) is 13.1 Å². The molecule has 1 amide bonds. The van der Waals surface area contributed by atoms with E-state index in [1.807, 2.05) is 29.6 Å². The molecule has 3 heterocycles. The summed E-state index contributed by atoms with van der Waals surface area (Å²) >= 11 is 7.19. The lowest BCUT2D eigenvalue weighted by atomic mass is 10.2. The molecule has 31 heavy (non-hydrogen) atoms. The minimum atomic E-state index is -0.522. The summed E-state index contributed by atoms with van der Waals surface area (Å²) in [7, 11) is 0. The van der Waals surface area contributed by atoms with Crippen LogP contribution in [0.4, 0.5) is 11.5 Å². The number of benzene rings is 1. The Hall–Kier alpha value is -3.50. The van der Waals surface area contributed by atoms with E-state index in [0.717, 1.165) is 11.1 Å². The van der Waals surface area contributed by atoms with Gasteiger partial charge in [0, 0.05) is 11.9 Å². The normalized spacial score (nSPS) is 10.9. The number of thiophene rings is 1. The van der Waals surface area contributed by atoms with Crippen LogP contribution in [0.25, 0.3) is 0 Å². The Morgan fingerprint density at radius 1 is 1.23 bits per heavy atom. The van der Waals surface area contributed by atoms with E-state index in [2.05, 4.69) is 15.5 Å². The molecule has 0 aliphatic rings. The largest absolute Gasteiger partial charge is 0.390 e. The first kappa shape index (κ1) is 20.8. The lowest BCUT2D eigenvalue weighted by Crippen LogP contribution is -2.10. The zero-order chi connectivity index (χ0) is 22.0. The van der Waals surface area contributed by atoms with Crippen molar-refractivity contribution in [3.63, 3.8) is 0 Å². The molecule has 0 aliphatic carbocycles. The molecule has 0 bridgehead atoms. The second kappa shape index (κ2) is 8.70. The van der Waals surface area contributed by atoms with E-state index in [1.165, 1.54) is 17.4 Å². The molecule has 0 spiro atoms. The fourth-order valence-electron chi connectivity index (χ4n) is 2.99. The molecule has 1 N–H and O–H groups in total. The summed E-state index contributed by atoms with van der Waals surface area (Å²) in [6.07, 6.45) is 3.33. The molecule has 0 saturated carbocycles. The van der Waals surface area contributed by atoms with Gasteiger partial charge < -0.3 is 15.4 Å². The molecule has 0 atom stereocenters.